The van der Waals surface area contributed by atoms with Crippen molar-refractivity contribution >= 4 is 20.0 Å². The molecule has 4 fully saturated rings. The first-order chi connectivity index (χ1) is 11.7. The summed E-state index contributed by atoms with van der Waals surface area (Å²) in [5, 5.41) is 2.00. The molecule has 25 heavy (non-hydrogen) atoms. The predicted octanol–water partition coefficient (Wildman–Crippen LogP) is 6.31. The van der Waals surface area contributed by atoms with Crippen molar-refractivity contribution in [1.29, 1.82) is 0 Å². The van der Waals surface area contributed by atoms with Crippen molar-refractivity contribution < 1.29 is 0 Å². The van der Waals surface area contributed by atoms with E-state index in [1.165, 1.54) is 32.1 Å². The fraction of sp³-hybridized carbons (Fsp3) is 1.00. The van der Waals surface area contributed by atoms with Gasteiger partial charge in [-0.05, 0) is 81.6 Å². The normalized spacial score (nSPS) is 47.3. The molecule has 0 aromatic carbocycles. The zero-order valence-electron chi connectivity index (χ0n) is 17.5. The lowest BCUT2D eigenvalue weighted by atomic mass is 9.68. The molecule has 1 heterocycles. The summed E-state index contributed by atoms with van der Waals surface area (Å²) in [4.78, 5) is 4.20. The number of nitrogens with one attached hydrogen (secondary N) is 1. The van der Waals surface area contributed by atoms with E-state index in [9.17, 15) is 0 Å². The molecule has 3 heteroatoms. The number of fused-ring (bicyclic) bond motifs is 5. The molecule has 0 bridgehead atoms. The van der Waals surface area contributed by atoms with E-state index >= 15 is 0 Å². The Morgan fingerprint density at radius 1 is 0.920 bits per heavy atom. The lowest BCUT2D eigenvalue weighted by Crippen LogP contribution is -2.59. The second kappa shape index (κ2) is 6.55. The number of hydrogen-bond acceptors (Lipinski definition) is 2. The van der Waals surface area contributed by atoms with E-state index in [1.54, 1.807) is 12.8 Å². The molecule has 1 saturated heterocycles. The molecule has 144 valence electrons. The van der Waals surface area contributed by atoms with Crippen LogP contribution < -0.4 is 4.98 Å². The summed E-state index contributed by atoms with van der Waals surface area (Å²) in [5.41, 5.74) is 1.27. The Morgan fingerprint density at radius 3 is 2.28 bits per heavy atom. The molecule has 0 aromatic rings. The third-order valence-corrected chi connectivity index (χ3v) is 14.0. The summed E-state index contributed by atoms with van der Waals surface area (Å²) in [5.74, 6) is 5.24. The topological polar surface area (TPSA) is 12.0 Å². The van der Waals surface area contributed by atoms with Crippen molar-refractivity contribution in [3.63, 3.8) is 0 Å². The first kappa shape index (κ1) is 18.9. The van der Waals surface area contributed by atoms with Crippen LogP contribution in [0, 0.1) is 29.6 Å². The summed E-state index contributed by atoms with van der Waals surface area (Å²) in [7, 11) is -1.45. The van der Waals surface area contributed by atoms with E-state index in [-0.39, 0.29) is 5.54 Å². The Hall–Kier alpha value is 0.527. The third-order valence-electron chi connectivity index (χ3n) is 8.02. The summed E-state index contributed by atoms with van der Waals surface area (Å²) >= 11 is 2.49. The van der Waals surface area contributed by atoms with Crippen LogP contribution in [0.3, 0.4) is 0 Å². The minimum atomic E-state index is -1.45. The minimum Gasteiger partial charge on any atom is -0.332 e. The summed E-state index contributed by atoms with van der Waals surface area (Å²) in [6, 6.07) is 0. The molecule has 0 radical (unpaired) electrons. The Labute approximate surface area is 162 Å². The van der Waals surface area contributed by atoms with Gasteiger partial charge in [-0.15, -0.1) is 0 Å². The van der Waals surface area contributed by atoms with Gasteiger partial charge in [0.1, 0.15) is 8.24 Å². The van der Waals surface area contributed by atoms with Crippen LogP contribution in [-0.2, 0) is 0 Å². The quantitative estimate of drug-likeness (QED) is 0.564. The molecule has 3 saturated carbocycles. The van der Waals surface area contributed by atoms with E-state index in [4.69, 9.17) is 0 Å². The van der Waals surface area contributed by atoms with Crippen LogP contribution in [0.15, 0.2) is 0 Å². The lowest BCUT2D eigenvalue weighted by molar-refractivity contribution is 0.147. The molecule has 1 nitrogen and oxygen atoms in total. The van der Waals surface area contributed by atoms with Crippen molar-refractivity contribution in [1.82, 2.24) is 4.98 Å². The van der Waals surface area contributed by atoms with E-state index in [2.05, 4.69) is 57.5 Å². The maximum atomic E-state index is 4.20. The van der Waals surface area contributed by atoms with Gasteiger partial charge in [-0.25, -0.2) is 0 Å². The molecule has 8 unspecified atom stereocenters. The number of rotatable bonds is 2. The molecule has 3 aliphatic carbocycles. The minimum absolute atomic E-state index is 0.266. The first-order valence-corrected chi connectivity index (χ1v) is 15.1. The van der Waals surface area contributed by atoms with Gasteiger partial charge in [0.2, 0.25) is 0 Å². The SMILES string of the molecule is CC1CCC2SC3C(C2C1)C1CCCCC1C3[Si](C)(C)NC(C)(C)C. The van der Waals surface area contributed by atoms with E-state index < -0.39 is 8.24 Å². The molecule has 4 aliphatic rings. The van der Waals surface area contributed by atoms with Gasteiger partial charge < -0.3 is 4.98 Å². The summed E-state index contributed by atoms with van der Waals surface area (Å²) in [6.07, 6.45) is 10.7. The van der Waals surface area contributed by atoms with Crippen molar-refractivity contribution in [2.45, 2.75) is 107 Å². The Bertz CT molecular complexity index is 499. The average molecular weight is 380 g/mol. The molecule has 8 atom stereocenters. The van der Waals surface area contributed by atoms with Crippen LogP contribution in [0.2, 0.25) is 18.6 Å². The highest BCUT2D eigenvalue weighted by Gasteiger charge is 2.63. The van der Waals surface area contributed by atoms with Crippen molar-refractivity contribution in [2.24, 2.45) is 29.6 Å². The fourth-order valence-electron chi connectivity index (χ4n) is 7.74. The second-order valence-corrected chi connectivity index (χ2v) is 17.3. The van der Waals surface area contributed by atoms with E-state index in [0.29, 0.717) is 0 Å². The standard InChI is InChI=1S/C22H41NSSi/c1-14-11-12-18-17(13-14)19-15-9-7-8-10-16(15)21(20(19)24-18)25(5,6)23-22(2,3)4/h14-21,23H,7-13H2,1-6H3. The fourth-order valence-corrected chi connectivity index (χ4v) is 15.8. The van der Waals surface area contributed by atoms with Crippen molar-refractivity contribution in [3.05, 3.63) is 0 Å². The molecular formula is C22H41NSSi. The molecule has 1 aliphatic heterocycles. The van der Waals surface area contributed by atoms with Crippen molar-refractivity contribution in [2.75, 3.05) is 0 Å². The lowest BCUT2D eigenvalue weighted by Gasteiger charge is -2.44. The molecular weight excluding hydrogens is 338 g/mol. The van der Waals surface area contributed by atoms with Gasteiger partial charge in [-0.1, -0.05) is 39.3 Å². The highest BCUT2D eigenvalue weighted by atomic mass is 32.2. The molecule has 4 rings (SSSR count). The van der Waals surface area contributed by atoms with Gasteiger partial charge in [0.05, 0.1) is 0 Å². The van der Waals surface area contributed by atoms with Gasteiger partial charge in [0.15, 0.2) is 0 Å². The largest absolute Gasteiger partial charge is 0.332 e. The van der Waals surface area contributed by atoms with Gasteiger partial charge in [-0.3, -0.25) is 0 Å². The van der Waals surface area contributed by atoms with Crippen LogP contribution in [-0.4, -0.2) is 24.3 Å². The average Bonchev–Trinajstić information content (AvgIpc) is 2.98. The maximum Gasteiger partial charge on any atom is 0.124 e. The van der Waals surface area contributed by atoms with Gasteiger partial charge >= 0.3 is 0 Å². The molecule has 1 N–H and O–H groups in total. The van der Waals surface area contributed by atoms with Crippen LogP contribution in [0.25, 0.3) is 0 Å². The molecule has 0 spiro atoms. The number of hydrogen-bond donors (Lipinski definition) is 1. The zero-order valence-corrected chi connectivity index (χ0v) is 19.3. The van der Waals surface area contributed by atoms with Crippen LogP contribution in [0.1, 0.15) is 72.6 Å². The predicted molar refractivity (Wildman–Crippen MR) is 115 cm³/mol. The van der Waals surface area contributed by atoms with Crippen molar-refractivity contribution in [3.8, 4) is 0 Å². The van der Waals surface area contributed by atoms with E-state index in [1.807, 2.05) is 0 Å². The highest BCUT2D eigenvalue weighted by Crippen LogP contribution is 2.68. The number of thioether (sulfide) groups is 1. The van der Waals surface area contributed by atoms with Crippen LogP contribution in [0.4, 0.5) is 0 Å². The summed E-state index contributed by atoms with van der Waals surface area (Å²) < 4.78 is 0. The van der Waals surface area contributed by atoms with Gasteiger partial charge in [0.25, 0.3) is 0 Å². The third kappa shape index (κ3) is 3.40. The molecule has 0 amide bonds. The van der Waals surface area contributed by atoms with Crippen LogP contribution >= 0.6 is 11.8 Å². The molecule has 0 aromatic heterocycles. The zero-order chi connectivity index (χ0) is 18.0. The van der Waals surface area contributed by atoms with Crippen LogP contribution in [0.5, 0.6) is 0 Å². The van der Waals surface area contributed by atoms with Gasteiger partial charge in [0, 0.05) is 16.0 Å². The van der Waals surface area contributed by atoms with E-state index in [0.717, 1.165) is 45.6 Å². The Kier molecular flexibility index (Phi) is 4.94. The Balaban J connectivity index is 1.65. The summed E-state index contributed by atoms with van der Waals surface area (Å²) in [6.45, 7) is 15.0. The monoisotopic (exact) mass is 379 g/mol. The Morgan fingerprint density at radius 2 is 1.60 bits per heavy atom. The first-order valence-electron chi connectivity index (χ1n) is 11.1. The highest BCUT2D eigenvalue weighted by molar-refractivity contribution is 8.01. The van der Waals surface area contributed by atoms with Gasteiger partial charge in [-0.2, -0.15) is 11.8 Å². The smallest absolute Gasteiger partial charge is 0.124 e. The second-order valence-electron chi connectivity index (χ2n) is 11.5. The maximum absolute atomic E-state index is 4.20.